The number of carbonyl (C=O) groups is 2. The Morgan fingerprint density at radius 1 is 0.893 bits per heavy atom. The minimum atomic E-state index is -0.242. The predicted molar refractivity (Wildman–Crippen MR) is 111 cm³/mol. The van der Waals surface area contributed by atoms with Crippen LogP contribution in [0.1, 0.15) is 56.1 Å². The van der Waals surface area contributed by atoms with E-state index < -0.39 is 0 Å². The number of benzene rings is 2. The van der Waals surface area contributed by atoms with Crippen LogP contribution in [0.4, 0.5) is 0 Å². The van der Waals surface area contributed by atoms with Gasteiger partial charge in [0.1, 0.15) is 0 Å². The molecule has 0 unspecified atom stereocenters. The number of hydrogen-bond donors (Lipinski definition) is 2. The van der Waals surface area contributed by atoms with Crippen LogP contribution in [0.3, 0.4) is 0 Å². The summed E-state index contributed by atoms with van der Waals surface area (Å²) in [6.45, 7) is 2.43. The van der Waals surface area contributed by atoms with Crippen molar-refractivity contribution in [2.45, 2.75) is 44.9 Å². The van der Waals surface area contributed by atoms with Gasteiger partial charge in [0.25, 0.3) is 0 Å². The van der Waals surface area contributed by atoms with Crippen LogP contribution in [0.15, 0.2) is 60.7 Å². The van der Waals surface area contributed by atoms with Gasteiger partial charge in [0.15, 0.2) is 6.61 Å². The van der Waals surface area contributed by atoms with E-state index in [1.54, 1.807) is 0 Å². The van der Waals surface area contributed by atoms with E-state index in [0.717, 1.165) is 25.7 Å². The second-order valence-corrected chi connectivity index (χ2v) is 6.78. The van der Waals surface area contributed by atoms with E-state index in [4.69, 9.17) is 4.84 Å². The average Bonchev–Trinajstić information content (AvgIpc) is 2.73. The number of carbonyl (C=O) groups excluding carboxylic acids is 2. The van der Waals surface area contributed by atoms with Crippen LogP contribution in [-0.2, 0) is 14.4 Å². The molecule has 0 saturated carbocycles. The van der Waals surface area contributed by atoms with Crippen molar-refractivity contribution < 1.29 is 14.4 Å². The lowest BCUT2D eigenvalue weighted by Crippen LogP contribution is -2.33. The van der Waals surface area contributed by atoms with Crippen molar-refractivity contribution in [3.8, 4) is 0 Å². The van der Waals surface area contributed by atoms with Crippen LogP contribution in [0.5, 0.6) is 0 Å². The van der Waals surface area contributed by atoms with E-state index in [-0.39, 0.29) is 24.3 Å². The Morgan fingerprint density at radius 2 is 1.50 bits per heavy atom. The molecule has 0 bridgehead atoms. The van der Waals surface area contributed by atoms with Gasteiger partial charge in [-0.25, -0.2) is 5.48 Å². The fourth-order valence-electron chi connectivity index (χ4n) is 3.07. The SMILES string of the molecule is CCCCCC(=O)NOCC(=O)NCCC(c1ccccc1)c1ccccc1. The Labute approximate surface area is 167 Å². The topological polar surface area (TPSA) is 67.4 Å². The van der Waals surface area contributed by atoms with Gasteiger partial charge in [0, 0.05) is 18.9 Å². The molecule has 0 aliphatic heterocycles. The molecule has 5 nitrogen and oxygen atoms in total. The molecule has 0 aliphatic rings. The quantitative estimate of drug-likeness (QED) is 0.431. The Balaban J connectivity index is 1.75. The van der Waals surface area contributed by atoms with Crippen molar-refractivity contribution in [2.24, 2.45) is 0 Å². The summed E-state index contributed by atoms with van der Waals surface area (Å²) in [6.07, 6.45) is 4.11. The summed E-state index contributed by atoms with van der Waals surface area (Å²) in [6, 6.07) is 20.5. The maximum atomic E-state index is 12.0. The first-order valence-corrected chi connectivity index (χ1v) is 9.98. The molecule has 0 saturated heterocycles. The molecule has 0 atom stereocenters. The lowest BCUT2D eigenvalue weighted by atomic mass is 9.88. The Hall–Kier alpha value is -2.66. The smallest absolute Gasteiger partial charge is 0.248 e. The summed E-state index contributed by atoms with van der Waals surface area (Å²) in [4.78, 5) is 28.5. The molecule has 0 fully saturated rings. The Morgan fingerprint density at radius 3 is 2.07 bits per heavy atom. The molecule has 2 rings (SSSR count). The van der Waals surface area contributed by atoms with Gasteiger partial charge in [0.05, 0.1) is 0 Å². The van der Waals surface area contributed by atoms with Gasteiger partial charge >= 0.3 is 0 Å². The lowest BCUT2D eigenvalue weighted by Gasteiger charge is -2.18. The molecule has 0 aliphatic carbocycles. The number of rotatable bonds is 12. The molecule has 0 spiro atoms. The molecule has 5 heteroatoms. The summed E-state index contributed by atoms with van der Waals surface area (Å²) in [5.41, 5.74) is 4.77. The zero-order valence-electron chi connectivity index (χ0n) is 16.5. The van der Waals surface area contributed by atoms with Crippen molar-refractivity contribution in [3.63, 3.8) is 0 Å². The van der Waals surface area contributed by atoms with Crippen molar-refractivity contribution >= 4 is 11.8 Å². The number of hydrogen-bond acceptors (Lipinski definition) is 3. The molecule has 28 heavy (non-hydrogen) atoms. The molecular weight excluding hydrogens is 352 g/mol. The molecule has 150 valence electrons. The Bertz CT molecular complexity index is 665. The van der Waals surface area contributed by atoms with E-state index in [9.17, 15) is 9.59 Å². The van der Waals surface area contributed by atoms with E-state index >= 15 is 0 Å². The fourth-order valence-corrected chi connectivity index (χ4v) is 3.07. The third-order valence-corrected chi connectivity index (χ3v) is 4.56. The highest BCUT2D eigenvalue weighted by atomic mass is 16.7. The minimum absolute atomic E-state index is 0.180. The molecule has 0 radical (unpaired) electrons. The molecule has 0 aromatic heterocycles. The van der Waals surface area contributed by atoms with Crippen LogP contribution in [0.2, 0.25) is 0 Å². The number of nitrogens with one attached hydrogen (secondary N) is 2. The normalized spacial score (nSPS) is 10.6. The highest BCUT2D eigenvalue weighted by Gasteiger charge is 2.14. The van der Waals surface area contributed by atoms with Crippen LogP contribution < -0.4 is 10.8 Å². The third-order valence-electron chi connectivity index (χ3n) is 4.56. The van der Waals surface area contributed by atoms with Gasteiger partial charge in [-0.1, -0.05) is 80.4 Å². The monoisotopic (exact) mass is 382 g/mol. The molecule has 2 aromatic rings. The zero-order chi connectivity index (χ0) is 20.0. The van der Waals surface area contributed by atoms with E-state index in [1.165, 1.54) is 11.1 Å². The summed E-state index contributed by atoms with van der Waals surface area (Å²) in [5, 5.41) is 2.86. The largest absolute Gasteiger partial charge is 0.354 e. The first kappa shape index (κ1) is 21.6. The summed E-state index contributed by atoms with van der Waals surface area (Å²) >= 11 is 0. The first-order valence-electron chi connectivity index (χ1n) is 9.98. The van der Waals surface area contributed by atoms with Gasteiger partial charge < -0.3 is 5.32 Å². The third kappa shape index (κ3) is 7.92. The van der Waals surface area contributed by atoms with Gasteiger partial charge in [-0.3, -0.25) is 14.4 Å². The van der Waals surface area contributed by atoms with E-state index in [2.05, 4.69) is 42.0 Å². The molecule has 2 aromatic carbocycles. The number of unbranched alkanes of at least 4 members (excludes halogenated alkanes) is 2. The highest BCUT2D eigenvalue weighted by Crippen LogP contribution is 2.27. The van der Waals surface area contributed by atoms with Crippen molar-refractivity contribution in [2.75, 3.05) is 13.2 Å². The first-order chi connectivity index (χ1) is 13.7. The minimum Gasteiger partial charge on any atom is -0.354 e. The second kappa shape index (κ2) is 12.7. The van der Waals surface area contributed by atoms with Crippen LogP contribution in [0.25, 0.3) is 0 Å². The average molecular weight is 383 g/mol. The van der Waals surface area contributed by atoms with Crippen molar-refractivity contribution in [1.82, 2.24) is 10.8 Å². The summed E-state index contributed by atoms with van der Waals surface area (Å²) < 4.78 is 0. The molecule has 2 amide bonds. The number of amides is 2. The molecule has 2 N–H and O–H groups in total. The van der Waals surface area contributed by atoms with Gasteiger partial charge in [0.2, 0.25) is 11.8 Å². The summed E-state index contributed by atoms with van der Waals surface area (Å²) in [7, 11) is 0. The fraction of sp³-hybridized carbons (Fsp3) is 0.391. The second-order valence-electron chi connectivity index (χ2n) is 6.78. The van der Waals surface area contributed by atoms with E-state index in [1.807, 2.05) is 36.4 Å². The Kier molecular flexibility index (Phi) is 9.80. The standard InChI is InChI=1S/C23H30N2O3/c1-2-3-6-15-22(26)25-28-18-23(27)24-17-16-21(19-11-7-4-8-12-19)20-13-9-5-10-14-20/h4-5,7-14,21H,2-3,6,15-18H2,1H3,(H,24,27)(H,25,26). The van der Waals surface area contributed by atoms with Gasteiger partial charge in [-0.05, 0) is 24.0 Å². The van der Waals surface area contributed by atoms with Crippen molar-refractivity contribution in [3.05, 3.63) is 71.8 Å². The predicted octanol–water partition coefficient (Wildman–Crippen LogP) is 3.95. The zero-order valence-corrected chi connectivity index (χ0v) is 16.5. The maximum Gasteiger partial charge on any atom is 0.248 e. The van der Waals surface area contributed by atoms with Gasteiger partial charge in [-0.15, -0.1) is 0 Å². The maximum absolute atomic E-state index is 12.0. The lowest BCUT2D eigenvalue weighted by molar-refractivity contribution is -0.139. The molecular formula is C23H30N2O3. The summed E-state index contributed by atoms with van der Waals surface area (Å²) in [5.74, 6) is -0.218. The van der Waals surface area contributed by atoms with E-state index in [0.29, 0.717) is 13.0 Å². The van der Waals surface area contributed by atoms with Gasteiger partial charge in [-0.2, -0.15) is 0 Å². The molecule has 0 heterocycles. The highest BCUT2D eigenvalue weighted by molar-refractivity contribution is 5.78. The van der Waals surface area contributed by atoms with Crippen LogP contribution in [-0.4, -0.2) is 25.0 Å². The van der Waals surface area contributed by atoms with Crippen LogP contribution >= 0.6 is 0 Å². The van der Waals surface area contributed by atoms with Crippen LogP contribution in [0, 0.1) is 0 Å². The van der Waals surface area contributed by atoms with Crippen molar-refractivity contribution in [1.29, 1.82) is 0 Å². The number of hydroxylamine groups is 1.